The van der Waals surface area contributed by atoms with E-state index in [1.54, 1.807) is 61.9 Å². The van der Waals surface area contributed by atoms with E-state index >= 15 is 0 Å². The molecule has 1 aromatic heterocycles. The summed E-state index contributed by atoms with van der Waals surface area (Å²) in [6, 6.07) is 24.8. The summed E-state index contributed by atoms with van der Waals surface area (Å²) in [5, 5.41) is 8.14. The van der Waals surface area contributed by atoms with Crippen molar-refractivity contribution >= 4 is 34.3 Å². The average Bonchev–Trinajstić information content (AvgIpc) is 2.93. The van der Waals surface area contributed by atoms with E-state index in [4.69, 9.17) is 0 Å². The molecule has 0 spiro atoms. The van der Waals surface area contributed by atoms with Gasteiger partial charge in [0.2, 0.25) is 0 Å². The lowest BCUT2D eigenvalue weighted by atomic mass is 10.0. The molecule has 4 rings (SSSR count). The first-order valence-electron chi connectivity index (χ1n) is 11.2. The predicted octanol–water partition coefficient (Wildman–Crippen LogP) is 3.74. The number of nitrogens with zero attached hydrogens (tertiary/aromatic N) is 1. The largest absolute Gasteiger partial charge is 0.412 e. The molecule has 10 heteroatoms. The molecule has 6 N–H and O–H groups in total. The normalized spacial score (nSPS) is 10.9. The quantitative estimate of drug-likeness (QED) is 0.282. The molecular formula is C27H27N5O4S. The van der Waals surface area contributed by atoms with Crippen LogP contribution in [-0.4, -0.2) is 33.7 Å². The van der Waals surface area contributed by atoms with Gasteiger partial charge in [0.15, 0.2) is 11.0 Å². The monoisotopic (exact) mass is 517 g/mol. The summed E-state index contributed by atoms with van der Waals surface area (Å²) in [4.78, 5) is 28.6. The van der Waals surface area contributed by atoms with Crippen LogP contribution < -0.4 is 20.7 Å². The van der Waals surface area contributed by atoms with Gasteiger partial charge in [-0.25, -0.2) is 9.00 Å². The van der Waals surface area contributed by atoms with E-state index in [2.05, 4.69) is 25.7 Å². The van der Waals surface area contributed by atoms with Crippen LogP contribution in [0.3, 0.4) is 0 Å². The number of amides is 3. The lowest BCUT2D eigenvalue weighted by Gasteiger charge is -2.12. The Bertz CT molecular complexity index is 1360. The van der Waals surface area contributed by atoms with Gasteiger partial charge in [0, 0.05) is 42.9 Å². The molecule has 3 amide bonds. The molecule has 0 saturated carbocycles. The maximum absolute atomic E-state index is 13.2. The molecule has 9 nitrogen and oxygen atoms in total. The number of aromatic nitrogens is 1. The zero-order valence-corrected chi connectivity index (χ0v) is 20.8. The fourth-order valence-electron chi connectivity index (χ4n) is 3.46. The van der Waals surface area contributed by atoms with E-state index in [9.17, 15) is 13.8 Å². The lowest BCUT2D eigenvalue weighted by Crippen LogP contribution is -2.28. The summed E-state index contributed by atoms with van der Waals surface area (Å²) in [5.74, 6) is -0.163. The third-order valence-corrected chi connectivity index (χ3v) is 6.48. The summed E-state index contributed by atoms with van der Waals surface area (Å²) in [5.41, 5.74) is 4.35. The van der Waals surface area contributed by atoms with E-state index in [0.717, 1.165) is 16.7 Å². The third-order valence-electron chi connectivity index (χ3n) is 5.30. The van der Waals surface area contributed by atoms with Gasteiger partial charge < -0.3 is 26.1 Å². The molecule has 1 atom stereocenters. The van der Waals surface area contributed by atoms with Crippen LogP contribution in [-0.2, 0) is 17.5 Å². The summed E-state index contributed by atoms with van der Waals surface area (Å²) in [6.07, 6.45) is 3.37. The molecule has 190 valence electrons. The number of hydrogen-bond donors (Lipinski definition) is 4. The zero-order chi connectivity index (χ0) is 25.3. The number of urea groups is 1. The van der Waals surface area contributed by atoms with Gasteiger partial charge in [0.1, 0.15) is 0 Å². The number of anilines is 2. The van der Waals surface area contributed by atoms with Gasteiger partial charge >= 0.3 is 6.03 Å². The molecule has 0 aliphatic rings. The van der Waals surface area contributed by atoms with Gasteiger partial charge in [-0.15, -0.1) is 0 Å². The van der Waals surface area contributed by atoms with Crippen LogP contribution in [0.15, 0.2) is 102 Å². The molecule has 0 bridgehead atoms. The van der Waals surface area contributed by atoms with Crippen LogP contribution in [0, 0.1) is 0 Å². The molecule has 0 aliphatic heterocycles. The smallest absolute Gasteiger partial charge is 0.319 e. The van der Waals surface area contributed by atoms with Crippen LogP contribution in [0.25, 0.3) is 11.1 Å². The molecule has 37 heavy (non-hydrogen) atoms. The number of rotatable bonds is 8. The van der Waals surface area contributed by atoms with E-state index < -0.39 is 11.0 Å². The molecule has 3 aromatic carbocycles. The first-order valence-corrected chi connectivity index (χ1v) is 12.3. The Morgan fingerprint density at radius 2 is 1.57 bits per heavy atom. The number of carbonyl (C=O) groups excluding carboxylic acids is 2. The Kier molecular flexibility index (Phi) is 9.48. The Balaban J connectivity index is 0.00000380. The minimum atomic E-state index is -1.54. The first-order chi connectivity index (χ1) is 17.5. The average molecular weight is 518 g/mol. The van der Waals surface area contributed by atoms with Crippen molar-refractivity contribution in [2.45, 2.75) is 11.4 Å². The minimum Gasteiger partial charge on any atom is -0.412 e. The SMILES string of the molecule is CNC(=O)c1ccc(-c2ccccc2S(=O)Nc2ccc(NC(=O)NCc3cccnc3)cc2)cc1.O. The van der Waals surface area contributed by atoms with E-state index in [0.29, 0.717) is 28.4 Å². The maximum Gasteiger partial charge on any atom is 0.319 e. The van der Waals surface area contributed by atoms with Gasteiger partial charge in [-0.2, -0.15) is 0 Å². The zero-order valence-electron chi connectivity index (χ0n) is 20.0. The molecule has 4 aromatic rings. The molecule has 0 aliphatic carbocycles. The molecular weight excluding hydrogens is 490 g/mol. The Morgan fingerprint density at radius 3 is 2.24 bits per heavy atom. The minimum absolute atomic E-state index is 0. The molecule has 1 unspecified atom stereocenters. The van der Waals surface area contributed by atoms with Crippen molar-refractivity contribution in [1.29, 1.82) is 0 Å². The number of benzene rings is 3. The number of carbonyl (C=O) groups is 2. The van der Waals surface area contributed by atoms with Crippen molar-refractivity contribution in [3.63, 3.8) is 0 Å². The van der Waals surface area contributed by atoms with Crippen LogP contribution in [0.4, 0.5) is 16.2 Å². The van der Waals surface area contributed by atoms with E-state index in [1.807, 2.05) is 42.5 Å². The maximum atomic E-state index is 13.2. The highest BCUT2D eigenvalue weighted by Gasteiger charge is 2.13. The van der Waals surface area contributed by atoms with Crippen molar-refractivity contribution in [3.05, 3.63) is 108 Å². The second kappa shape index (κ2) is 13.0. The van der Waals surface area contributed by atoms with Crippen molar-refractivity contribution in [2.24, 2.45) is 0 Å². The van der Waals surface area contributed by atoms with Crippen molar-refractivity contribution in [2.75, 3.05) is 17.1 Å². The van der Waals surface area contributed by atoms with Gasteiger partial charge in [0.05, 0.1) is 4.90 Å². The summed E-state index contributed by atoms with van der Waals surface area (Å²) in [7, 11) is 0.0463. The van der Waals surface area contributed by atoms with Gasteiger partial charge in [0.25, 0.3) is 5.91 Å². The fraction of sp³-hybridized carbons (Fsp3) is 0.0741. The Morgan fingerprint density at radius 1 is 0.865 bits per heavy atom. The molecule has 0 fully saturated rings. The highest BCUT2D eigenvalue weighted by atomic mass is 32.2. The second-order valence-corrected chi connectivity index (χ2v) is 8.95. The predicted molar refractivity (Wildman–Crippen MR) is 145 cm³/mol. The standard InChI is InChI=1S/C27H25N5O3S.H2O/c1-28-26(33)21-10-8-20(9-11-21)24-6-2-3-7-25(24)36(35)32-23-14-12-22(13-15-23)31-27(34)30-18-19-5-4-16-29-17-19;/h2-17,32H,18H2,1H3,(H,28,33)(H2,30,31,34);1H2. The van der Waals surface area contributed by atoms with E-state index in [1.165, 1.54) is 0 Å². The Hall–Kier alpha value is -4.54. The number of nitrogens with one attached hydrogen (secondary N) is 4. The lowest BCUT2D eigenvalue weighted by molar-refractivity contribution is 0.0963. The van der Waals surface area contributed by atoms with Crippen LogP contribution in [0.1, 0.15) is 15.9 Å². The fourth-order valence-corrected chi connectivity index (χ4v) is 4.50. The molecule has 1 heterocycles. The second-order valence-electron chi connectivity index (χ2n) is 7.77. The highest BCUT2D eigenvalue weighted by molar-refractivity contribution is 7.86. The third kappa shape index (κ3) is 7.23. The van der Waals surface area contributed by atoms with Crippen molar-refractivity contribution < 1.29 is 19.3 Å². The summed E-state index contributed by atoms with van der Waals surface area (Å²) < 4.78 is 16.2. The van der Waals surface area contributed by atoms with E-state index in [-0.39, 0.29) is 17.4 Å². The van der Waals surface area contributed by atoms with Crippen molar-refractivity contribution in [1.82, 2.24) is 15.6 Å². The van der Waals surface area contributed by atoms with Gasteiger partial charge in [-0.05, 0) is 65.2 Å². The summed E-state index contributed by atoms with van der Waals surface area (Å²) >= 11 is 0. The van der Waals surface area contributed by atoms with Crippen LogP contribution in [0.5, 0.6) is 0 Å². The van der Waals surface area contributed by atoms with Gasteiger partial charge in [-0.3, -0.25) is 9.78 Å². The highest BCUT2D eigenvalue weighted by Crippen LogP contribution is 2.27. The van der Waals surface area contributed by atoms with Crippen molar-refractivity contribution in [3.8, 4) is 11.1 Å². The Labute approximate surface area is 217 Å². The molecule has 0 radical (unpaired) electrons. The van der Waals surface area contributed by atoms with Gasteiger partial charge in [-0.1, -0.05) is 36.4 Å². The van der Waals surface area contributed by atoms with Crippen LogP contribution >= 0.6 is 0 Å². The number of hydrogen-bond acceptors (Lipinski definition) is 4. The van der Waals surface area contributed by atoms with Crippen LogP contribution in [0.2, 0.25) is 0 Å². The molecule has 0 saturated heterocycles. The first kappa shape index (κ1) is 27.1. The number of pyridine rings is 1. The topological polar surface area (TPSA) is 144 Å². The summed E-state index contributed by atoms with van der Waals surface area (Å²) in [6.45, 7) is 0.367.